The van der Waals surface area contributed by atoms with E-state index in [1.165, 1.54) is 15.9 Å². The van der Waals surface area contributed by atoms with Crippen molar-refractivity contribution in [1.29, 1.82) is 0 Å². The maximum absolute atomic E-state index is 12.2. The first-order chi connectivity index (χ1) is 8.75. The quantitative estimate of drug-likeness (QED) is 0.751. The third-order valence-corrected chi connectivity index (χ3v) is 3.51. The SMILES string of the molecule is O=c1[nH]c2ncccc2c(=O)n1Cc1cccs1. The molecule has 0 aromatic carbocycles. The van der Waals surface area contributed by atoms with Crippen LogP contribution in [0.4, 0.5) is 0 Å². The number of nitrogens with zero attached hydrogens (tertiary/aromatic N) is 2. The molecule has 3 heterocycles. The lowest BCUT2D eigenvalue weighted by Crippen LogP contribution is -2.35. The van der Waals surface area contributed by atoms with Gasteiger partial charge in [-0.1, -0.05) is 6.07 Å². The van der Waals surface area contributed by atoms with Crippen LogP contribution in [0, 0.1) is 0 Å². The maximum atomic E-state index is 12.2. The van der Waals surface area contributed by atoms with Gasteiger partial charge in [0.15, 0.2) is 0 Å². The Labute approximate surface area is 105 Å². The Morgan fingerprint density at radius 3 is 2.94 bits per heavy atom. The first-order valence-corrected chi connectivity index (χ1v) is 6.24. The second-order valence-electron chi connectivity index (χ2n) is 3.80. The van der Waals surface area contributed by atoms with Gasteiger partial charge in [0.25, 0.3) is 5.56 Å². The highest BCUT2D eigenvalue weighted by molar-refractivity contribution is 7.09. The lowest BCUT2D eigenvalue weighted by molar-refractivity contribution is 0.718. The third kappa shape index (κ3) is 1.76. The highest BCUT2D eigenvalue weighted by atomic mass is 32.1. The molecule has 3 aromatic heterocycles. The summed E-state index contributed by atoms with van der Waals surface area (Å²) in [6.07, 6.45) is 1.54. The average Bonchev–Trinajstić information content (AvgIpc) is 2.87. The number of fused-ring (bicyclic) bond motifs is 1. The van der Waals surface area contributed by atoms with Crippen molar-refractivity contribution in [2.24, 2.45) is 0 Å². The van der Waals surface area contributed by atoms with E-state index in [1.54, 1.807) is 18.3 Å². The molecule has 0 aliphatic rings. The second kappa shape index (κ2) is 4.23. The number of thiophene rings is 1. The summed E-state index contributed by atoms with van der Waals surface area (Å²) in [7, 11) is 0. The van der Waals surface area contributed by atoms with Gasteiger partial charge in [-0.2, -0.15) is 0 Å². The molecule has 5 nitrogen and oxygen atoms in total. The van der Waals surface area contributed by atoms with E-state index in [0.29, 0.717) is 11.0 Å². The lowest BCUT2D eigenvalue weighted by Gasteiger charge is -2.03. The molecule has 0 bridgehead atoms. The minimum Gasteiger partial charge on any atom is -0.291 e. The fourth-order valence-corrected chi connectivity index (χ4v) is 2.48. The van der Waals surface area contributed by atoms with Crippen molar-refractivity contribution in [3.05, 3.63) is 61.6 Å². The van der Waals surface area contributed by atoms with Gasteiger partial charge in [-0.3, -0.25) is 14.3 Å². The number of aromatic amines is 1. The van der Waals surface area contributed by atoms with Crippen LogP contribution in [0.5, 0.6) is 0 Å². The molecule has 0 unspecified atom stereocenters. The fourth-order valence-electron chi connectivity index (χ4n) is 1.79. The third-order valence-electron chi connectivity index (χ3n) is 2.65. The molecule has 3 rings (SSSR count). The number of nitrogens with one attached hydrogen (secondary N) is 1. The Morgan fingerprint density at radius 2 is 2.17 bits per heavy atom. The molecule has 0 radical (unpaired) electrons. The first-order valence-electron chi connectivity index (χ1n) is 5.36. The number of H-pyrrole nitrogens is 1. The van der Waals surface area contributed by atoms with Crippen molar-refractivity contribution in [2.45, 2.75) is 6.54 Å². The van der Waals surface area contributed by atoms with E-state index in [9.17, 15) is 9.59 Å². The van der Waals surface area contributed by atoms with Gasteiger partial charge in [0.1, 0.15) is 5.65 Å². The smallest absolute Gasteiger partial charge is 0.291 e. The van der Waals surface area contributed by atoms with Gasteiger partial charge in [0.05, 0.1) is 11.9 Å². The molecule has 0 aliphatic heterocycles. The van der Waals surface area contributed by atoms with Crippen LogP contribution >= 0.6 is 11.3 Å². The Morgan fingerprint density at radius 1 is 1.28 bits per heavy atom. The average molecular weight is 259 g/mol. The molecule has 3 aromatic rings. The zero-order valence-electron chi connectivity index (χ0n) is 9.29. The van der Waals surface area contributed by atoms with E-state index in [0.717, 1.165) is 4.88 Å². The van der Waals surface area contributed by atoms with Gasteiger partial charge in [0.2, 0.25) is 0 Å². The predicted molar refractivity (Wildman–Crippen MR) is 70.0 cm³/mol. The summed E-state index contributed by atoms with van der Waals surface area (Å²) in [4.78, 5) is 31.6. The molecule has 0 spiro atoms. The molecule has 0 amide bonds. The molecule has 0 fully saturated rings. The first kappa shape index (κ1) is 10.9. The van der Waals surface area contributed by atoms with Crippen LogP contribution in [0.1, 0.15) is 4.88 Å². The Hall–Kier alpha value is -2.21. The van der Waals surface area contributed by atoms with Gasteiger partial charge in [-0.05, 0) is 23.6 Å². The largest absolute Gasteiger partial charge is 0.330 e. The van der Waals surface area contributed by atoms with Crippen LogP contribution < -0.4 is 11.2 Å². The molecule has 90 valence electrons. The lowest BCUT2D eigenvalue weighted by atomic mass is 10.3. The molecule has 0 saturated heterocycles. The van der Waals surface area contributed by atoms with E-state index in [1.807, 2.05) is 17.5 Å². The van der Waals surface area contributed by atoms with Gasteiger partial charge in [-0.25, -0.2) is 9.78 Å². The number of aromatic nitrogens is 3. The summed E-state index contributed by atoms with van der Waals surface area (Å²) in [5.41, 5.74) is -0.412. The van der Waals surface area contributed by atoms with Gasteiger partial charge >= 0.3 is 5.69 Å². The van der Waals surface area contributed by atoms with Crippen LogP contribution in [0.15, 0.2) is 45.4 Å². The molecule has 18 heavy (non-hydrogen) atoms. The molecule has 0 atom stereocenters. The predicted octanol–water partition coefficient (Wildman–Crippen LogP) is 1.19. The molecule has 0 aliphatic carbocycles. The van der Waals surface area contributed by atoms with E-state index >= 15 is 0 Å². The molecule has 0 saturated carbocycles. The molecular formula is C12H9N3O2S. The van der Waals surface area contributed by atoms with Gasteiger partial charge in [0, 0.05) is 11.1 Å². The van der Waals surface area contributed by atoms with Crippen LogP contribution in [0.3, 0.4) is 0 Å². The number of pyridine rings is 1. The summed E-state index contributed by atoms with van der Waals surface area (Å²) in [6, 6.07) is 7.12. The van der Waals surface area contributed by atoms with Crippen LogP contribution in [-0.2, 0) is 6.54 Å². The van der Waals surface area contributed by atoms with Crippen molar-refractivity contribution in [2.75, 3.05) is 0 Å². The molecule has 6 heteroatoms. The summed E-state index contributed by atoms with van der Waals surface area (Å²) in [5.74, 6) is 0. The van der Waals surface area contributed by atoms with Crippen molar-refractivity contribution in [3.8, 4) is 0 Å². The zero-order valence-corrected chi connectivity index (χ0v) is 10.1. The van der Waals surface area contributed by atoms with E-state index in [-0.39, 0.29) is 12.1 Å². The number of hydrogen-bond acceptors (Lipinski definition) is 4. The second-order valence-corrected chi connectivity index (χ2v) is 4.83. The van der Waals surface area contributed by atoms with Crippen molar-refractivity contribution >= 4 is 22.4 Å². The van der Waals surface area contributed by atoms with E-state index in [4.69, 9.17) is 0 Å². The summed E-state index contributed by atoms with van der Waals surface area (Å²) in [6.45, 7) is 0.288. The highest BCUT2D eigenvalue weighted by Gasteiger charge is 2.08. The van der Waals surface area contributed by atoms with Crippen molar-refractivity contribution < 1.29 is 0 Å². The Kier molecular flexibility index (Phi) is 2.56. The Balaban J connectivity index is 2.23. The van der Waals surface area contributed by atoms with E-state index in [2.05, 4.69) is 9.97 Å². The fraction of sp³-hybridized carbons (Fsp3) is 0.0833. The normalized spacial score (nSPS) is 10.9. The number of hydrogen-bond donors (Lipinski definition) is 1. The standard InChI is InChI=1S/C12H9N3O2S/c16-11-9-4-1-5-13-10(9)14-12(17)15(11)7-8-3-2-6-18-8/h1-6H,7H2,(H,13,14,17). The van der Waals surface area contributed by atoms with Gasteiger partial charge < -0.3 is 0 Å². The van der Waals surface area contributed by atoms with Crippen LogP contribution in [0.2, 0.25) is 0 Å². The molecule has 1 N–H and O–H groups in total. The monoisotopic (exact) mass is 259 g/mol. The summed E-state index contributed by atoms with van der Waals surface area (Å²) >= 11 is 1.51. The number of rotatable bonds is 2. The van der Waals surface area contributed by atoms with Crippen molar-refractivity contribution in [1.82, 2.24) is 14.5 Å². The summed E-state index contributed by atoms with van der Waals surface area (Å²) < 4.78 is 1.19. The minimum absolute atomic E-state index is 0.288. The molecular weight excluding hydrogens is 250 g/mol. The maximum Gasteiger partial charge on any atom is 0.330 e. The zero-order chi connectivity index (χ0) is 12.5. The van der Waals surface area contributed by atoms with Crippen LogP contribution in [0.25, 0.3) is 11.0 Å². The van der Waals surface area contributed by atoms with Crippen LogP contribution in [-0.4, -0.2) is 14.5 Å². The Bertz CT molecular complexity index is 802. The minimum atomic E-state index is -0.431. The highest BCUT2D eigenvalue weighted by Crippen LogP contribution is 2.09. The van der Waals surface area contributed by atoms with E-state index < -0.39 is 5.69 Å². The van der Waals surface area contributed by atoms with Gasteiger partial charge in [-0.15, -0.1) is 11.3 Å². The summed E-state index contributed by atoms with van der Waals surface area (Å²) in [5, 5.41) is 2.34. The van der Waals surface area contributed by atoms with Crippen molar-refractivity contribution in [3.63, 3.8) is 0 Å². The topological polar surface area (TPSA) is 67.8 Å².